The van der Waals surface area contributed by atoms with Crippen molar-refractivity contribution in [3.63, 3.8) is 0 Å². The number of hydrogen-bond acceptors (Lipinski definition) is 6. The highest BCUT2D eigenvalue weighted by Crippen LogP contribution is 2.31. The van der Waals surface area contributed by atoms with Gasteiger partial charge >= 0.3 is 0 Å². The lowest BCUT2D eigenvalue weighted by Gasteiger charge is -2.41. The summed E-state index contributed by atoms with van der Waals surface area (Å²) in [4.78, 5) is 28.0. The number of unbranched alkanes of at least 4 members (excludes halogenated alkanes) is 2. The molecule has 0 saturated carbocycles. The second-order valence-corrected chi connectivity index (χ2v) is 10.3. The molecule has 1 aromatic carbocycles. The fraction of sp³-hybridized carbons (Fsp3) is 0.556. The number of benzene rings is 1. The van der Waals surface area contributed by atoms with E-state index in [0.29, 0.717) is 30.9 Å². The molecule has 0 unspecified atom stereocenters. The number of hydrogen-bond donors (Lipinski definition) is 3. The fourth-order valence-corrected chi connectivity index (χ4v) is 5.12. The van der Waals surface area contributed by atoms with Crippen molar-refractivity contribution < 1.29 is 29.3 Å². The van der Waals surface area contributed by atoms with Crippen molar-refractivity contribution in [3.05, 3.63) is 52.1 Å². The van der Waals surface area contributed by atoms with E-state index in [0.717, 1.165) is 35.7 Å². The Balaban J connectivity index is 1.87. The largest absolute Gasteiger partial charge is 0.482 e. The molecule has 4 atom stereocenters. The summed E-state index contributed by atoms with van der Waals surface area (Å²) in [5.74, 6) is 0.187. The Hall–Kier alpha value is -1.95. The zero-order chi connectivity index (χ0) is 25.9. The number of carbonyl (C=O) groups is 2. The van der Waals surface area contributed by atoms with Crippen LogP contribution >= 0.6 is 22.6 Å². The van der Waals surface area contributed by atoms with E-state index in [1.165, 1.54) is 0 Å². The summed E-state index contributed by atoms with van der Waals surface area (Å²) in [6.07, 6.45) is 6.28. The van der Waals surface area contributed by atoms with Gasteiger partial charge in [-0.25, -0.2) is 0 Å². The first-order valence-corrected chi connectivity index (χ1v) is 13.7. The summed E-state index contributed by atoms with van der Waals surface area (Å²) >= 11 is 2.16. The van der Waals surface area contributed by atoms with Crippen molar-refractivity contribution >= 4 is 34.4 Å². The van der Waals surface area contributed by atoms with E-state index in [2.05, 4.69) is 34.5 Å². The van der Waals surface area contributed by atoms with E-state index < -0.39 is 18.2 Å². The molecule has 3 rings (SSSR count). The van der Waals surface area contributed by atoms with Crippen molar-refractivity contribution in [2.24, 2.45) is 0 Å². The molecule has 0 spiro atoms. The molecule has 36 heavy (non-hydrogen) atoms. The van der Waals surface area contributed by atoms with E-state index in [4.69, 9.17) is 14.6 Å². The Labute approximate surface area is 226 Å². The van der Waals surface area contributed by atoms with E-state index in [9.17, 15) is 14.7 Å². The second kappa shape index (κ2) is 14.7. The summed E-state index contributed by atoms with van der Waals surface area (Å²) in [5, 5.41) is 23.3. The molecule has 1 aliphatic carbocycles. The topological polar surface area (TPSA) is 108 Å². The van der Waals surface area contributed by atoms with Gasteiger partial charge in [-0.3, -0.25) is 9.59 Å². The molecule has 0 aromatic heterocycles. The van der Waals surface area contributed by atoms with Crippen LogP contribution in [-0.4, -0.2) is 77.6 Å². The van der Waals surface area contributed by atoms with Gasteiger partial charge in [0, 0.05) is 38.1 Å². The first-order chi connectivity index (χ1) is 17.4. The number of aliphatic hydroxyl groups is 2. The van der Waals surface area contributed by atoms with E-state index >= 15 is 0 Å². The third-order valence-electron chi connectivity index (χ3n) is 6.51. The number of ether oxygens (including phenoxy) is 2. The molecule has 0 bridgehead atoms. The monoisotopic (exact) mass is 612 g/mol. The Kier molecular flexibility index (Phi) is 11.7. The van der Waals surface area contributed by atoms with Crippen LogP contribution in [0.3, 0.4) is 0 Å². The lowest BCUT2D eigenvalue weighted by Crippen LogP contribution is -2.56. The molecular weight excluding hydrogens is 575 g/mol. The van der Waals surface area contributed by atoms with Crippen LogP contribution in [0, 0.1) is 3.57 Å². The number of carbonyl (C=O) groups excluding carboxylic acids is 2. The van der Waals surface area contributed by atoms with Gasteiger partial charge in [-0.1, -0.05) is 18.2 Å². The van der Waals surface area contributed by atoms with Crippen LogP contribution in [0.15, 0.2) is 48.6 Å². The van der Waals surface area contributed by atoms with Gasteiger partial charge in [0.25, 0.3) is 0 Å². The smallest absolute Gasteiger partial charge is 0.247 e. The van der Waals surface area contributed by atoms with Crippen LogP contribution in [0.25, 0.3) is 0 Å². The first kappa shape index (κ1) is 28.6. The molecule has 1 heterocycles. The maximum atomic E-state index is 13.4. The fourth-order valence-electron chi connectivity index (χ4n) is 4.60. The minimum atomic E-state index is -1.03. The zero-order valence-electron chi connectivity index (χ0n) is 20.6. The number of aliphatic hydroxyl groups excluding tert-OH is 2. The van der Waals surface area contributed by atoms with Gasteiger partial charge in [0.2, 0.25) is 11.8 Å². The van der Waals surface area contributed by atoms with Gasteiger partial charge < -0.3 is 29.9 Å². The molecule has 1 aliphatic heterocycles. The Bertz CT molecular complexity index is 917. The van der Waals surface area contributed by atoms with Gasteiger partial charge in [0.1, 0.15) is 18.0 Å². The lowest BCUT2D eigenvalue weighted by molar-refractivity contribution is -0.141. The predicted molar refractivity (Wildman–Crippen MR) is 146 cm³/mol. The predicted octanol–water partition coefficient (Wildman–Crippen LogP) is 2.96. The van der Waals surface area contributed by atoms with Crippen molar-refractivity contribution in [3.8, 4) is 5.75 Å². The highest BCUT2D eigenvalue weighted by molar-refractivity contribution is 14.1. The molecule has 0 radical (unpaired) electrons. The van der Waals surface area contributed by atoms with Gasteiger partial charge in [-0.2, -0.15) is 0 Å². The molecule has 9 heteroatoms. The maximum Gasteiger partial charge on any atom is 0.247 e. The number of amides is 2. The van der Waals surface area contributed by atoms with Crippen molar-refractivity contribution in [1.82, 2.24) is 10.2 Å². The number of rotatable bonds is 13. The molecule has 2 amide bonds. The lowest BCUT2D eigenvalue weighted by atomic mass is 9.87. The van der Waals surface area contributed by atoms with Crippen LogP contribution in [-0.2, 0) is 14.3 Å². The number of halogens is 1. The van der Waals surface area contributed by atoms with Crippen LogP contribution in [0.5, 0.6) is 5.75 Å². The van der Waals surface area contributed by atoms with Gasteiger partial charge in [0.05, 0.1) is 22.3 Å². The summed E-state index contributed by atoms with van der Waals surface area (Å²) in [7, 11) is 0. The van der Waals surface area contributed by atoms with Crippen LogP contribution in [0.4, 0.5) is 0 Å². The standard InChI is InChI=1S/C27H37IN2O6/c1-2-3-4-5-12-25(32)30(18-20-9-8-15-35-20)22-16-19(27(34)29-13-14-31)17-24(26(22)33)36-23-11-7-6-10-21(23)28/h2,6-7,10-11,17,20,22,24,26,31,33H,1,3-5,8-9,12-16,18H2,(H,29,34)/t20-,22+,24-,26-/m0/s1. The molecule has 1 fully saturated rings. The molecule has 8 nitrogen and oxygen atoms in total. The Morgan fingerprint density at radius 1 is 1.31 bits per heavy atom. The van der Waals surface area contributed by atoms with Gasteiger partial charge in [-0.15, -0.1) is 6.58 Å². The zero-order valence-corrected chi connectivity index (χ0v) is 22.8. The summed E-state index contributed by atoms with van der Waals surface area (Å²) in [6, 6.07) is 6.81. The molecule has 198 valence electrons. The van der Waals surface area contributed by atoms with Crippen LogP contribution in [0.1, 0.15) is 44.9 Å². The van der Waals surface area contributed by atoms with Crippen molar-refractivity contribution in [1.29, 1.82) is 0 Å². The number of para-hydroxylation sites is 1. The Morgan fingerprint density at radius 2 is 2.11 bits per heavy atom. The molecule has 3 N–H and O–H groups in total. The third-order valence-corrected chi connectivity index (χ3v) is 7.40. The van der Waals surface area contributed by atoms with E-state index in [1.54, 1.807) is 11.0 Å². The second-order valence-electron chi connectivity index (χ2n) is 9.16. The van der Waals surface area contributed by atoms with Crippen molar-refractivity contribution in [2.45, 2.75) is 69.3 Å². The summed E-state index contributed by atoms with van der Waals surface area (Å²) < 4.78 is 12.9. The third kappa shape index (κ3) is 8.03. The average Bonchev–Trinajstić information content (AvgIpc) is 3.39. The Morgan fingerprint density at radius 3 is 2.81 bits per heavy atom. The normalized spacial score (nSPS) is 23.6. The minimum absolute atomic E-state index is 0.0660. The number of nitrogens with one attached hydrogen (secondary N) is 1. The van der Waals surface area contributed by atoms with Crippen LogP contribution in [0.2, 0.25) is 0 Å². The highest BCUT2D eigenvalue weighted by atomic mass is 127. The van der Waals surface area contributed by atoms with E-state index in [1.807, 2.05) is 30.3 Å². The average molecular weight is 613 g/mol. The molecular formula is C27H37IN2O6. The minimum Gasteiger partial charge on any atom is -0.482 e. The van der Waals surface area contributed by atoms with Gasteiger partial charge in [0.15, 0.2) is 0 Å². The molecule has 1 saturated heterocycles. The van der Waals surface area contributed by atoms with Crippen LogP contribution < -0.4 is 10.1 Å². The summed E-state index contributed by atoms with van der Waals surface area (Å²) in [6.45, 7) is 4.70. The van der Waals surface area contributed by atoms with E-state index in [-0.39, 0.29) is 37.5 Å². The quantitative estimate of drug-likeness (QED) is 0.180. The van der Waals surface area contributed by atoms with Crippen molar-refractivity contribution in [2.75, 3.05) is 26.3 Å². The number of allylic oxidation sites excluding steroid dienone is 1. The van der Waals surface area contributed by atoms with Gasteiger partial charge in [-0.05, 0) is 72.9 Å². The highest BCUT2D eigenvalue weighted by Gasteiger charge is 2.41. The SMILES string of the molecule is C=CCCCCC(=O)N(C[C@@H]1CCCO1)[C@@H]1CC(C(=O)NCCO)=C[C@H](Oc2ccccc2I)[C@H]1O. The summed E-state index contributed by atoms with van der Waals surface area (Å²) in [5.41, 5.74) is 0.423. The first-order valence-electron chi connectivity index (χ1n) is 12.7. The number of nitrogens with zero attached hydrogens (tertiary/aromatic N) is 1. The maximum absolute atomic E-state index is 13.4. The molecule has 1 aromatic rings. The molecule has 2 aliphatic rings.